The predicted molar refractivity (Wildman–Crippen MR) is 113 cm³/mol. The number of ether oxygens (including phenoxy) is 2. The third kappa shape index (κ3) is 5.44. The Bertz CT molecular complexity index is 970. The van der Waals surface area contributed by atoms with Gasteiger partial charge in [0.05, 0.1) is 12.2 Å². The summed E-state index contributed by atoms with van der Waals surface area (Å²) in [5.41, 5.74) is 8.79. The lowest BCUT2D eigenvalue weighted by atomic mass is 10.2. The van der Waals surface area contributed by atoms with E-state index in [4.69, 9.17) is 15.2 Å². The summed E-state index contributed by atoms with van der Waals surface area (Å²) in [5.74, 6) is 1.26. The lowest BCUT2D eigenvalue weighted by molar-refractivity contribution is 0.0459. The number of nitrogens with zero attached hydrogens (tertiary/aromatic N) is 2. The molecule has 3 rings (SSSR count). The van der Waals surface area contributed by atoms with Crippen molar-refractivity contribution in [3.05, 3.63) is 66.0 Å². The number of nitrogens with two attached hydrogens (primary N) is 1. The average Bonchev–Trinajstić information content (AvgIpc) is 2.71. The molecular formula is C22H24N4O3. The highest BCUT2D eigenvalue weighted by molar-refractivity contribution is 5.90. The fraction of sp³-hybridized carbons (Fsp3) is 0.227. The number of esters is 1. The molecule has 150 valence electrons. The number of hydrogen-bond donors (Lipinski definition) is 2. The van der Waals surface area contributed by atoms with Crippen molar-refractivity contribution < 1.29 is 14.3 Å². The molecule has 1 aromatic heterocycles. The fourth-order valence-corrected chi connectivity index (χ4v) is 2.43. The van der Waals surface area contributed by atoms with E-state index in [0.29, 0.717) is 23.7 Å². The van der Waals surface area contributed by atoms with E-state index < -0.39 is 0 Å². The Labute approximate surface area is 169 Å². The molecule has 0 atom stereocenters. The van der Waals surface area contributed by atoms with Gasteiger partial charge < -0.3 is 20.5 Å². The van der Waals surface area contributed by atoms with Crippen LogP contribution in [0.4, 0.5) is 17.2 Å². The van der Waals surface area contributed by atoms with Gasteiger partial charge in [-0.2, -0.15) is 4.98 Å². The molecule has 2 aromatic carbocycles. The Kier molecular flexibility index (Phi) is 6.29. The molecule has 0 aliphatic heterocycles. The van der Waals surface area contributed by atoms with Gasteiger partial charge in [-0.05, 0) is 49.2 Å². The molecule has 3 N–H and O–H groups in total. The van der Waals surface area contributed by atoms with Crippen molar-refractivity contribution in [2.75, 3.05) is 17.7 Å². The van der Waals surface area contributed by atoms with E-state index in [2.05, 4.69) is 15.3 Å². The standard InChI is InChI=1S/C22H24N4O3/c1-14(2)12-28-22(27)16-6-8-17(9-7-16)26-20-19(23)21(25-13-24-20)29-18-10-4-15(3)5-11-18/h4-11,13-14H,12,23H2,1-3H3,(H,24,25,26). The Morgan fingerprint density at radius 1 is 1.07 bits per heavy atom. The first-order valence-corrected chi connectivity index (χ1v) is 9.31. The number of anilines is 3. The maximum Gasteiger partial charge on any atom is 0.338 e. The Morgan fingerprint density at radius 3 is 2.41 bits per heavy atom. The molecule has 0 aliphatic rings. The summed E-state index contributed by atoms with van der Waals surface area (Å²) in [7, 11) is 0. The molecule has 0 bridgehead atoms. The van der Waals surface area contributed by atoms with Gasteiger partial charge in [-0.25, -0.2) is 9.78 Å². The molecule has 1 heterocycles. The molecule has 7 nitrogen and oxygen atoms in total. The lowest BCUT2D eigenvalue weighted by Gasteiger charge is -2.12. The van der Waals surface area contributed by atoms with Crippen LogP contribution in [0.25, 0.3) is 0 Å². The van der Waals surface area contributed by atoms with Crippen LogP contribution in [0.1, 0.15) is 29.8 Å². The summed E-state index contributed by atoms with van der Waals surface area (Å²) in [4.78, 5) is 20.3. The van der Waals surface area contributed by atoms with E-state index in [9.17, 15) is 4.79 Å². The minimum absolute atomic E-state index is 0.264. The van der Waals surface area contributed by atoms with Crippen LogP contribution < -0.4 is 15.8 Å². The molecule has 0 unspecified atom stereocenters. The van der Waals surface area contributed by atoms with Crippen molar-refractivity contribution in [1.29, 1.82) is 0 Å². The molecule has 29 heavy (non-hydrogen) atoms. The zero-order chi connectivity index (χ0) is 20.8. The van der Waals surface area contributed by atoms with E-state index in [-0.39, 0.29) is 23.5 Å². The first kappa shape index (κ1) is 20.1. The number of aryl methyl sites for hydroxylation is 1. The van der Waals surface area contributed by atoms with E-state index in [1.165, 1.54) is 6.33 Å². The minimum Gasteiger partial charge on any atom is -0.462 e. The number of rotatable bonds is 7. The quantitative estimate of drug-likeness (QED) is 0.561. The Balaban J connectivity index is 1.70. The highest BCUT2D eigenvalue weighted by Crippen LogP contribution is 2.31. The first-order chi connectivity index (χ1) is 13.9. The van der Waals surface area contributed by atoms with Gasteiger partial charge in [-0.1, -0.05) is 31.5 Å². The van der Waals surface area contributed by atoms with Gasteiger partial charge in [-0.3, -0.25) is 0 Å². The third-order valence-electron chi connectivity index (χ3n) is 4.01. The van der Waals surface area contributed by atoms with Crippen LogP contribution in [0.3, 0.4) is 0 Å². The second kappa shape index (κ2) is 9.05. The van der Waals surface area contributed by atoms with Gasteiger partial charge in [0.15, 0.2) is 5.82 Å². The first-order valence-electron chi connectivity index (χ1n) is 9.31. The zero-order valence-electron chi connectivity index (χ0n) is 16.7. The van der Waals surface area contributed by atoms with Crippen LogP contribution in [0.2, 0.25) is 0 Å². The molecule has 0 aliphatic carbocycles. The van der Waals surface area contributed by atoms with Crippen molar-refractivity contribution in [3.63, 3.8) is 0 Å². The second-order valence-corrected chi connectivity index (χ2v) is 7.05. The van der Waals surface area contributed by atoms with Crippen LogP contribution in [0, 0.1) is 12.8 Å². The molecular weight excluding hydrogens is 368 g/mol. The van der Waals surface area contributed by atoms with Crippen LogP contribution >= 0.6 is 0 Å². The van der Waals surface area contributed by atoms with Crippen molar-refractivity contribution in [1.82, 2.24) is 9.97 Å². The number of carbonyl (C=O) groups excluding carboxylic acids is 1. The molecule has 0 radical (unpaired) electrons. The van der Waals surface area contributed by atoms with E-state index in [0.717, 1.165) is 11.3 Å². The molecule has 7 heteroatoms. The monoisotopic (exact) mass is 392 g/mol. The number of hydrogen-bond acceptors (Lipinski definition) is 7. The second-order valence-electron chi connectivity index (χ2n) is 7.05. The average molecular weight is 392 g/mol. The summed E-state index contributed by atoms with van der Waals surface area (Å²) < 4.78 is 11.0. The van der Waals surface area contributed by atoms with E-state index >= 15 is 0 Å². The van der Waals surface area contributed by atoms with Gasteiger partial charge >= 0.3 is 5.97 Å². The summed E-state index contributed by atoms with van der Waals surface area (Å²) >= 11 is 0. The summed E-state index contributed by atoms with van der Waals surface area (Å²) in [6.45, 7) is 6.37. The predicted octanol–water partition coefficient (Wildman–Crippen LogP) is 4.72. The van der Waals surface area contributed by atoms with E-state index in [1.807, 2.05) is 45.0 Å². The maximum absolute atomic E-state index is 12.0. The topological polar surface area (TPSA) is 99.4 Å². The largest absolute Gasteiger partial charge is 0.462 e. The van der Waals surface area contributed by atoms with Crippen LogP contribution in [0.5, 0.6) is 11.6 Å². The maximum atomic E-state index is 12.0. The summed E-state index contributed by atoms with van der Waals surface area (Å²) in [6, 6.07) is 14.5. The lowest BCUT2D eigenvalue weighted by Crippen LogP contribution is -2.10. The van der Waals surface area contributed by atoms with Crippen molar-refractivity contribution >= 4 is 23.2 Å². The number of aromatic nitrogens is 2. The third-order valence-corrected chi connectivity index (χ3v) is 4.01. The fourth-order valence-electron chi connectivity index (χ4n) is 2.43. The van der Waals surface area contributed by atoms with Crippen molar-refractivity contribution in [2.24, 2.45) is 5.92 Å². The number of benzene rings is 2. The number of carbonyl (C=O) groups is 1. The molecule has 0 saturated carbocycles. The molecule has 0 fully saturated rings. The van der Waals surface area contributed by atoms with Gasteiger partial charge in [-0.15, -0.1) is 0 Å². The Hall–Kier alpha value is -3.61. The van der Waals surface area contributed by atoms with Crippen molar-refractivity contribution in [2.45, 2.75) is 20.8 Å². The minimum atomic E-state index is -0.347. The number of nitrogens with one attached hydrogen (secondary N) is 1. The van der Waals surface area contributed by atoms with Crippen LogP contribution in [-0.4, -0.2) is 22.5 Å². The summed E-state index contributed by atoms with van der Waals surface area (Å²) in [6.07, 6.45) is 1.37. The Morgan fingerprint density at radius 2 is 1.76 bits per heavy atom. The zero-order valence-corrected chi connectivity index (χ0v) is 16.7. The van der Waals surface area contributed by atoms with Gasteiger partial charge in [0.2, 0.25) is 5.88 Å². The van der Waals surface area contributed by atoms with Gasteiger partial charge in [0.1, 0.15) is 17.8 Å². The van der Waals surface area contributed by atoms with Gasteiger partial charge in [0.25, 0.3) is 0 Å². The SMILES string of the molecule is Cc1ccc(Oc2ncnc(Nc3ccc(C(=O)OCC(C)C)cc3)c2N)cc1. The highest BCUT2D eigenvalue weighted by atomic mass is 16.5. The summed E-state index contributed by atoms with van der Waals surface area (Å²) in [5, 5.41) is 3.12. The molecule has 0 amide bonds. The van der Waals surface area contributed by atoms with E-state index in [1.54, 1.807) is 24.3 Å². The van der Waals surface area contributed by atoms with Crippen LogP contribution in [0.15, 0.2) is 54.9 Å². The molecule has 0 spiro atoms. The number of nitrogen functional groups attached to an aromatic ring is 1. The smallest absolute Gasteiger partial charge is 0.338 e. The highest BCUT2D eigenvalue weighted by Gasteiger charge is 2.12. The van der Waals surface area contributed by atoms with Crippen LogP contribution in [-0.2, 0) is 4.74 Å². The van der Waals surface area contributed by atoms with Gasteiger partial charge in [0, 0.05) is 5.69 Å². The molecule has 3 aromatic rings. The normalized spacial score (nSPS) is 10.6. The van der Waals surface area contributed by atoms with Crippen molar-refractivity contribution in [3.8, 4) is 11.6 Å². The molecule has 0 saturated heterocycles.